The summed E-state index contributed by atoms with van der Waals surface area (Å²) in [6, 6.07) is 3.53. The van der Waals surface area contributed by atoms with Crippen molar-refractivity contribution in [3.63, 3.8) is 0 Å². The molecule has 0 atom stereocenters. The Balaban J connectivity index is 1.68. The summed E-state index contributed by atoms with van der Waals surface area (Å²) < 4.78 is 32.8. The Morgan fingerprint density at radius 2 is 1.75 bits per heavy atom. The Morgan fingerprint density at radius 3 is 2.46 bits per heavy atom. The minimum absolute atomic E-state index is 0.0300. The standard InChI is InChI=1S/C17H20F2N4O/c1-12(2)24-17-11-20-10-16(21-17)23-7-5-22(6-8-23)15-9-13(18)3-4-14(15)19/h3-4,9-12H,5-8H2,1-2H3. The summed E-state index contributed by atoms with van der Waals surface area (Å²) in [6.07, 6.45) is 3.30. The molecule has 1 aromatic heterocycles. The van der Waals surface area contributed by atoms with Crippen LogP contribution in [0.15, 0.2) is 30.6 Å². The van der Waals surface area contributed by atoms with E-state index in [0.717, 1.165) is 18.0 Å². The van der Waals surface area contributed by atoms with Gasteiger partial charge in [-0.05, 0) is 26.0 Å². The summed E-state index contributed by atoms with van der Waals surface area (Å²) in [4.78, 5) is 12.5. The van der Waals surface area contributed by atoms with Crippen LogP contribution >= 0.6 is 0 Å². The molecule has 1 aromatic carbocycles. The van der Waals surface area contributed by atoms with Gasteiger partial charge in [0.05, 0.1) is 24.2 Å². The number of hydrogen-bond acceptors (Lipinski definition) is 5. The van der Waals surface area contributed by atoms with Crippen molar-refractivity contribution in [2.45, 2.75) is 20.0 Å². The molecule has 0 radical (unpaired) electrons. The van der Waals surface area contributed by atoms with Crippen molar-refractivity contribution in [2.75, 3.05) is 36.0 Å². The van der Waals surface area contributed by atoms with Gasteiger partial charge in [-0.2, -0.15) is 4.98 Å². The van der Waals surface area contributed by atoms with E-state index >= 15 is 0 Å². The maximum Gasteiger partial charge on any atom is 0.234 e. The van der Waals surface area contributed by atoms with Gasteiger partial charge in [0.25, 0.3) is 0 Å². The Kier molecular flexibility index (Phi) is 4.78. The highest BCUT2D eigenvalue weighted by atomic mass is 19.1. The number of ether oxygens (including phenoxy) is 1. The molecule has 0 amide bonds. The predicted molar refractivity (Wildman–Crippen MR) is 88.6 cm³/mol. The minimum Gasteiger partial charge on any atom is -0.474 e. The molecule has 0 N–H and O–H groups in total. The van der Waals surface area contributed by atoms with Gasteiger partial charge >= 0.3 is 0 Å². The van der Waals surface area contributed by atoms with Crippen LogP contribution in [0.2, 0.25) is 0 Å². The van der Waals surface area contributed by atoms with Crippen LogP contribution in [0.4, 0.5) is 20.3 Å². The topological polar surface area (TPSA) is 41.5 Å². The summed E-state index contributed by atoms with van der Waals surface area (Å²) in [5, 5.41) is 0. The van der Waals surface area contributed by atoms with Crippen LogP contribution in [-0.2, 0) is 0 Å². The Hall–Kier alpha value is -2.44. The quantitative estimate of drug-likeness (QED) is 0.860. The van der Waals surface area contributed by atoms with E-state index in [1.807, 2.05) is 18.7 Å². The average Bonchev–Trinajstić information content (AvgIpc) is 2.57. The van der Waals surface area contributed by atoms with Crippen LogP contribution < -0.4 is 14.5 Å². The average molecular weight is 334 g/mol. The summed E-state index contributed by atoms with van der Waals surface area (Å²) in [7, 11) is 0. The fourth-order valence-corrected chi connectivity index (χ4v) is 2.69. The van der Waals surface area contributed by atoms with Crippen LogP contribution in [0.3, 0.4) is 0 Å². The number of piperazine rings is 1. The van der Waals surface area contributed by atoms with E-state index in [1.54, 1.807) is 12.4 Å². The third kappa shape index (κ3) is 3.72. The molecular weight excluding hydrogens is 314 g/mol. The van der Waals surface area contributed by atoms with E-state index < -0.39 is 11.6 Å². The fraction of sp³-hybridized carbons (Fsp3) is 0.412. The molecule has 1 aliphatic heterocycles. The summed E-state index contributed by atoms with van der Waals surface area (Å²) in [5.41, 5.74) is 0.303. The van der Waals surface area contributed by atoms with E-state index in [4.69, 9.17) is 4.74 Å². The summed E-state index contributed by atoms with van der Waals surface area (Å²) in [6.45, 7) is 6.32. The SMILES string of the molecule is CC(C)Oc1cncc(N2CCN(c3cc(F)ccc3F)CC2)n1. The largest absolute Gasteiger partial charge is 0.474 e. The molecule has 2 heterocycles. The lowest BCUT2D eigenvalue weighted by Crippen LogP contribution is -2.47. The number of nitrogens with zero attached hydrogens (tertiary/aromatic N) is 4. The monoisotopic (exact) mass is 334 g/mol. The molecule has 0 spiro atoms. The van der Waals surface area contributed by atoms with Gasteiger partial charge in [0.2, 0.25) is 5.88 Å². The van der Waals surface area contributed by atoms with Crippen molar-refractivity contribution < 1.29 is 13.5 Å². The molecular formula is C17H20F2N4O. The number of hydrogen-bond donors (Lipinski definition) is 0. The fourth-order valence-electron chi connectivity index (χ4n) is 2.69. The third-order valence-electron chi connectivity index (χ3n) is 3.81. The van der Waals surface area contributed by atoms with Gasteiger partial charge in [-0.3, -0.25) is 4.98 Å². The molecule has 0 bridgehead atoms. The first-order valence-corrected chi connectivity index (χ1v) is 7.96. The Bertz CT molecular complexity index is 703. The van der Waals surface area contributed by atoms with Crippen molar-refractivity contribution in [1.29, 1.82) is 0 Å². The lowest BCUT2D eigenvalue weighted by atomic mass is 10.2. The number of rotatable bonds is 4. The summed E-state index contributed by atoms with van der Waals surface area (Å²) in [5.74, 6) is 0.379. The lowest BCUT2D eigenvalue weighted by Gasteiger charge is -2.36. The molecule has 0 aliphatic carbocycles. The smallest absolute Gasteiger partial charge is 0.234 e. The molecule has 7 heteroatoms. The molecule has 1 saturated heterocycles. The van der Waals surface area contributed by atoms with Crippen molar-refractivity contribution in [2.24, 2.45) is 0 Å². The van der Waals surface area contributed by atoms with Crippen LogP contribution in [0, 0.1) is 11.6 Å². The van der Waals surface area contributed by atoms with Gasteiger partial charge in [-0.15, -0.1) is 0 Å². The molecule has 128 valence electrons. The van der Waals surface area contributed by atoms with E-state index in [-0.39, 0.29) is 6.10 Å². The number of anilines is 2. The molecule has 24 heavy (non-hydrogen) atoms. The maximum atomic E-state index is 13.9. The number of benzene rings is 1. The minimum atomic E-state index is -0.432. The first-order chi connectivity index (χ1) is 11.5. The van der Waals surface area contributed by atoms with Gasteiger partial charge in [0, 0.05) is 32.2 Å². The highest BCUT2D eigenvalue weighted by molar-refractivity contribution is 5.50. The van der Waals surface area contributed by atoms with Crippen molar-refractivity contribution in [3.05, 3.63) is 42.2 Å². The number of aromatic nitrogens is 2. The summed E-state index contributed by atoms with van der Waals surface area (Å²) >= 11 is 0. The van der Waals surface area contributed by atoms with E-state index in [0.29, 0.717) is 37.7 Å². The van der Waals surface area contributed by atoms with Gasteiger partial charge < -0.3 is 14.5 Å². The number of halogens is 2. The normalized spacial score (nSPS) is 15.0. The molecule has 1 fully saturated rings. The zero-order valence-corrected chi connectivity index (χ0v) is 13.7. The second-order valence-electron chi connectivity index (χ2n) is 5.95. The van der Waals surface area contributed by atoms with Crippen LogP contribution in [0.25, 0.3) is 0 Å². The van der Waals surface area contributed by atoms with Gasteiger partial charge in [0.1, 0.15) is 11.6 Å². The van der Waals surface area contributed by atoms with Gasteiger partial charge in [-0.1, -0.05) is 0 Å². The lowest BCUT2D eigenvalue weighted by molar-refractivity contribution is 0.231. The second kappa shape index (κ2) is 6.98. The van der Waals surface area contributed by atoms with E-state index in [9.17, 15) is 8.78 Å². The highest BCUT2D eigenvalue weighted by Crippen LogP contribution is 2.23. The van der Waals surface area contributed by atoms with Crippen molar-refractivity contribution >= 4 is 11.5 Å². The Morgan fingerprint density at radius 1 is 1.04 bits per heavy atom. The zero-order valence-electron chi connectivity index (χ0n) is 13.7. The first-order valence-electron chi connectivity index (χ1n) is 7.96. The van der Waals surface area contributed by atoms with Crippen molar-refractivity contribution in [3.8, 4) is 5.88 Å². The van der Waals surface area contributed by atoms with Gasteiger partial charge in [0.15, 0.2) is 5.82 Å². The maximum absolute atomic E-state index is 13.9. The zero-order chi connectivity index (χ0) is 17.1. The van der Waals surface area contributed by atoms with Crippen LogP contribution in [0.5, 0.6) is 5.88 Å². The molecule has 5 nitrogen and oxygen atoms in total. The van der Waals surface area contributed by atoms with Crippen LogP contribution in [-0.4, -0.2) is 42.3 Å². The molecule has 0 unspecified atom stereocenters. The first kappa shape index (κ1) is 16.4. The van der Waals surface area contributed by atoms with Crippen LogP contribution in [0.1, 0.15) is 13.8 Å². The van der Waals surface area contributed by atoms with Gasteiger partial charge in [-0.25, -0.2) is 8.78 Å². The molecule has 0 saturated carbocycles. The van der Waals surface area contributed by atoms with E-state index in [2.05, 4.69) is 14.9 Å². The third-order valence-corrected chi connectivity index (χ3v) is 3.81. The molecule has 3 rings (SSSR count). The second-order valence-corrected chi connectivity index (χ2v) is 5.95. The molecule has 2 aromatic rings. The molecule has 1 aliphatic rings. The Labute approximate surface area is 139 Å². The van der Waals surface area contributed by atoms with E-state index in [1.165, 1.54) is 6.07 Å². The predicted octanol–water partition coefficient (Wildman–Crippen LogP) is 2.87. The van der Waals surface area contributed by atoms with Crippen molar-refractivity contribution in [1.82, 2.24) is 9.97 Å². The highest BCUT2D eigenvalue weighted by Gasteiger charge is 2.21.